The zero-order valence-electron chi connectivity index (χ0n) is 51.7. The molecule has 0 bridgehead atoms. The Bertz CT molecular complexity index is 1610. The van der Waals surface area contributed by atoms with E-state index in [9.17, 15) is 45.6 Å². The Labute approximate surface area is 498 Å². The molecule has 0 spiro atoms. The van der Waals surface area contributed by atoms with Gasteiger partial charge >= 0.3 is 0 Å². The summed E-state index contributed by atoms with van der Waals surface area (Å²) in [6.45, 7) is 2.73. The Morgan fingerprint density at radius 1 is 0.451 bits per heavy atom. The van der Waals surface area contributed by atoms with E-state index in [-0.39, 0.29) is 12.5 Å². The van der Waals surface area contributed by atoms with Gasteiger partial charge in [0.1, 0.15) is 48.8 Å². The minimum Gasteiger partial charge on any atom is -0.394 e. The maximum Gasteiger partial charge on any atom is 0.220 e. The third-order valence-electron chi connectivity index (χ3n) is 16.2. The van der Waals surface area contributed by atoms with Gasteiger partial charge in [-0.25, -0.2) is 0 Å². The van der Waals surface area contributed by atoms with Crippen LogP contribution in [0.5, 0.6) is 0 Å². The molecule has 0 aromatic carbocycles. The van der Waals surface area contributed by atoms with Crippen molar-refractivity contribution in [2.75, 3.05) is 19.8 Å². The monoisotopic (exact) mass is 1160 g/mol. The Morgan fingerprint density at radius 2 is 0.841 bits per heavy atom. The van der Waals surface area contributed by atoms with Crippen LogP contribution in [0.1, 0.15) is 271 Å². The number of carbonyl (C=O) groups excluding carboxylic acids is 1. The summed E-state index contributed by atoms with van der Waals surface area (Å²) in [5.74, 6) is -0.206. The molecule has 12 atom stereocenters. The van der Waals surface area contributed by atoms with Crippen molar-refractivity contribution in [2.24, 2.45) is 0 Å². The fraction of sp³-hybridized carbons (Fsp3) is 0.838. The molecule has 14 nitrogen and oxygen atoms in total. The summed E-state index contributed by atoms with van der Waals surface area (Å²) in [5.41, 5.74) is 0. The highest BCUT2D eigenvalue weighted by Crippen LogP contribution is 2.30. The van der Waals surface area contributed by atoms with Gasteiger partial charge in [-0.05, 0) is 57.8 Å². The lowest BCUT2D eigenvalue weighted by Gasteiger charge is -2.46. The number of unbranched alkanes of at least 4 members (excludes halogenated alkanes) is 31. The van der Waals surface area contributed by atoms with Crippen LogP contribution in [0.15, 0.2) is 60.8 Å². The highest BCUT2D eigenvalue weighted by atomic mass is 16.7. The second-order valence-corrected chi connectivity index (χ2v) is 23.6. The topological polar surface area (TPSA) is 228 Å². The summed E-state index contributed by atoms with van der Waals surface area (Å²) >= 11 is 0. The molecule has 0 radical (unpaired) electrons. The van der Waals surface area contributed by atoms with Gasteiger partial charge in [0.2, 0.25) is 5.91 Å². The molecule has 2 aliphatic rings. The van der Waals surface area contributed by atoms with Crippen molar-refractivity contribution in [3.8, 4) is 0 Å². The normalized spacial score (nSPS) is 24.3. The Hall–Kier alpha value is -2.31. The Kier molecular flexibility index (Phi) is 49.0. The summed E-state index contributed by atoms with van der Waals surface area (Å²) in [6.07, 6.45) is 52.8. The number of allylic oxidation sites excluding steroid dienone is 10. The quantitative estimate of drug-likeness (QED) is 0.0204. The van der Waals surface area contributed by atoms with Gasteiger partial charge in [0.15, 0.2) is 12.6 Å². The fourth-order valence-electron chi connectivity index (χ4n) is 10.9. The molecule has 478 valence electrons. The van der Waals surface area contributed by atoms with Crippen molar-refractivity contribution in [3.63, 3.8) is 0 Å². The van der Waals surface area contributed by atoms with Crippen molar-refractivity contribution in [2.45, 2.75) is 344 Å². The summed E-state index contributed by atoms with van der Waals surface area (Å²) in [4.78, 5) is 13.3. The van der Waals surface area contributed by atoms with Crippen LogP contribution in [-0.2, 0) is 23.7 Å². The Balaban J connectivity index is 1.51. The van der Waals surface area contributed by atoms with Gasteiger partial charge in [-0.3, -0.25) is 4.79 Å². The predicted molar refractivity (Wildman–Crippen MR) is 332 cm³/mol. The van der Waals surface area contributed by atoms with Gasteiger partial charge in [0, 0.05) is 6.42 Å². The number of hydrogen-bond acceptors (Lipinski definition) is 13. The van der Waals surface area contributed by atoms with Crippen molar-refractivity contribution in [1.82, 2.24) is 5.32 Å². The average Bonchev–Trinajstić information content (AvgIpc) is 3.38. The van der Waals surface area contributed by atoms with E-state index in [2.05, 4.69) is 79.9 Å². The van der Waals surface area contributed by atoms with E-state index in [1.165, 1.54) is 161 Å². The molecule has 0 aliphatic carbocycles. The smallest absolute Gasteiger partial charge is 0.220 e. The Morgan fingerprint density at radius 3 is 1.29 bits per heavy atom. The molecule has 12 unspecified atom stereocenters. The van der Waals surface area contributed by atoms with Crippen molar-refractivity contribution in [3.05, 3.63) is 60.8 Å². The van der Waals surface area contributed by atoms with Gasteiger partial charge in [-0.2, -0.15) is 0 Å². The van der Waals surface area contributed by atoms with E-state index in [1.807, 2.05) is 0 Å². The predicted octanol–water partition coefficient (Wildman–Crippen LogP) is 12.9. The van der Waals surface area contributed by atoms with E-state index in [0.717, 1.165) is 83.5 Å². The number of nitrogens with one attached hydrogen (secondary N) is 1. The van der Waals surface area contributed by atoms with Crippen LogP contribution >= 0.6 is 0 Å². The lowest BCUT2D eigenvalue weighted by Crippen LogP contribution is -2.65. The van der Waals surface area contributed by atoms with Gasteiger partial charge in [-0.15, -0.1) is 0 Å². The largest absolute Gasteiger partial charge is 0.394 e. The molecule has 0 aromatic rings. The minimum atomic E-state index is -1.78. The summed E-state index contributed by atoms with van der Waals surface area (Å²) < 4.78 is 22.8. The average molecular weight is 1160 g/mol. The molecule has 2 rings (SSSR count). The van der Waals surface area contributed by atoms with Crippen LogP contribution in [0.3, 0.4) is 0 Å². The summed E-state index contributed by atoms with van der Waals surface area (Å²) in [6, 6.07) is -0.826. The van der Waals surface area contributed by atoms with E-state index < -0.39 is 86.8 Å². The molecule has 0 aromatic heterocycles. The molecule has 14 heteroatoms. The van der Waals surface area contributed by atoms with E-state index in [4.69, 9.17) is 18.9 Å². The molecular weight excluding hydrogens is 1040 g/mol. The number of rotatable bonds is 54. The molecule has 0 saturated carbocycles. The van der Waals surface area contributed by atoms with Gasteiger partial charge in [-0.1, -0.05) is 267 Å². The number of carbonyl (C=O) groups is 1. The molecule has 82 heavy (non-hydrogen) atoms. The molecule has 9 N–H and O–H groups in total. The number of aliphatic hydroxyl groups excluding tert-OH is 8. The van der Waals surface area contributed by atoms with Crippen molar-refractivity contribution >= 4 is 5.91 Å². The van der Waals surface area contributed by atoms with E-state index in [1.54, 1.807) is 0 Å². The van der Waals surface area contributed by atoms with Gasteiger partial charge in [0.05, 0.1) is 32.0 Å². The van der Waals surface area contributed by atoms with Gasteiger partial charge < -0.3 is 65.1 Å². The summed E-state index contributed by atoms with van der Waals surface area (Å²) in [5, 5.41) is 87.1. The first-order valence-electron chi connectivity index (χ1n) is 33.5. The maximum absolute atomic E-state index is 13.3. The SMILES string of the molecule is CC/C=C\C/C=C\C/C=C\C/C=C\C/C=C\CCCCCCCCCCCCCCCCCCCCCCCCCC(=O)NC(COC1OC(CO)C(OC2OC(CO)C(O)C(O)C2O)C(O)C1O)C(O)CCCCCCCCCCC. The lowest BCUT2D eigenvalue weighted by molar-refractivity contribution is -0.359. The molecule has 2 aliphatic heterocycles. The van der Waals surface area contributed by atoms with Crippen LogP contribution in [-0.4, -0.2) is 140 Å². The van der Waals surface area contributed by atoms with Crippen LogP contribution in [0.25, 0.3) is 0 Å². The first-order chi connectivity index (χ1) is 40.1. The van der Waals surface area contributed by atoms with Crippen LogP contribution in [0.2, 0.25) is 0 Å². The van der Waals surface area contributed by atoms with Crippen LogP contribution < -0.4 is 5.32 Å². The molecule has 2 saturated heterocycles. The molecule has 2 heterocycles. The highest BCUT2D eigenvalue weighted by molar-refractivity contribution is 5.76. The van der Waals surface area contributed by atoms with E-state index >= 15 is 0 Å². The molecule has 1 amide bonds. The zero-order valence-corrected chi connectivity index (χ0v) is 51.7. The van der Waals surface area contributed by atoms with Gasteiger partial charge in [0.25, 0.3) is 0 Å². The number of aliphatic hydroxyl groups is 8. The third-order valence-corrected chi connectivity index (χ3v) is 16.2. The van der Waals surface area contributed by atoms with Crippen molar-refractivity contribution in [1.29, 1.82) is 0 Å². The van der Waals surface area contributed by atoms with Crippen molar-refractivity contribution < 1.29 is 64.6 Å². The second kappa shape index (κ2) is 53.0. The summed E-state index contributed by atoms with van der Waals surface area (Å²) in [7, 11) is 0. The van der Waals surface area contributed by atoms with Crippen LogP contribution in [0.4, 0.5) is 0 Å². The number of ether oxygens (including phenoxy) is 4. The fourth-order valence-corrected chi connectivity index (χ4v) is 10.9. The standard InChI is InChI=1S/C68H123NO13/c1-3-5-7-9-11-13-14-15-16-17-18-19-20-21-22-23-24-25-26-27-28-29-30-31-32-33-34-35-36-37-38-39-40-41-42-44-46-48-50-52-60(73)69-56(57(72)51-49-47-45-43-12-10-8-6-4-2)55-79-67-65(78)63(76)66(59(54-71)81-67)82-68-64(77)62(75)61(74)58(53-70)80-68/h5,7,11,13,15-16,18-19,21-22,56-59,61-68,70-72,74-78H,3-4,6,8-10,12,14,17,20,23-55H2,1-2H3,(H,69,73)/b7-5-,13-11-,16-15-,19-18-,22-21-. The minimum absolute atomic E-state index is 0.206. The van der Waals surface area contributed by atoms with Crippen LogP contribution in [0, 0.1) is 0 Å². The maximum atomic E-state index is 13.3. The highest BCUT2D eigenvalue weighted by Gasteiger charge is 2.51. The lowest BCUT2D eigenvalue weighted by atomic mass is 9.97. The molecule has 2 fully saturated rings. The number of amides is 1. The zero-order chi connectivity index (χ0) is 59.5. The third kappa shape index (κ3) is 37.3. The molecular formula is C68H123NO13. The first-order valence-corrected chi connectivity index (χ1v) is 33.5. The number of hydrogen-bond donors (Lipinski definition) is 9. The first kappa shape index (κ1) is 75.8. The second-order valence-electron chi connectivity index (χ2n) is 23.6. The van der Waals surface area contributed by atoms with E-state index in [0.29, 0.717) is 12.8 Å².